The highest BCUT2D eigenvalue weighted by Crippen LogP contribution is 2.63. The van der Waals surface area contributed by atoms with E-state index in [2.05, 4.69) is 9.98 Å². The van der Waals surface area contributed by atoms with E-state index in [1.54, 1.807) is 19.9 Å². The van der Waals surface area contributed by atoms with Gasteiger partial charge in [-0.15, -0.1) is 0 Å². The van der Waals surface area contributed by atoms with E-state index < -0.39 is 29.1 Å². The molecule has 3 aliphatic rings. The first-order chi connectivity index (χ1) is 18.8. The predicted molar refractivity (Wildman–Crippen MR) is 137 cm³/mol. The normalized spacial score (nSPS) is 23.6. The average Bonchev–Trinajstić information content (AvgIpc) is 3.47. The zero-order valence-electron chi connectivity index (χ0n) is 22.0. The number of carboxylic acid groups (broad SMARTS) is 1. The van der Waals surface area contributed by atoms with Crippen LogP contribution in [-0.2, 0) is 22.3 Å². The summed E-state index contributed by atoms with van der Waals surface area (Å²) < 4.78 is 67.6. The number of nitrogens with zero attached hydrogens (tertiary/aromatic N) is 2. The van der Waals surface area contributed by atoms with Gasteiger partial charge < -0.3 is 19.7 Å². The number of aliphatic carboxylic acids is 1. The Morgan fingerprint density at radius 3 is 2.65 bits per heavy atom. The molecule has 1 aliphatic heterocycles. The van der Waals surface area contributed by atoms with Crippen molar-refractivity contribution < 1.29 is 42.0 Å². The van der Waals surface area contributed by atoms with Gasteiger partial charge in [0.15, 0.2) is 0 Å². The third kappa shape index (κ3) is 5.99. The van der Waals surface area contributed by atoms with Crippen LogP contribution in [0.15, 0.2) is 47.1 Å². The Morgan fingerprint density at radius 2 is 1.95 bits per heavy atom. The number of aliphatic imine (C=N–C) groups is 1. The largest absolute Gasteiger partial charge is 0.481 e. The SMILES string of the molecule is CC(C)(O)CCCOc1cc(C(F)(F)F)c(-c2ccc(F)c(COC3=NCC4C(=C3)C[C@H]3[C@H](C(=O)O)[C@@H]43)c2)cn1. The summed E-state index contributed by atoms with van der Waals surface area (Å²) in [7, 11) is 0. The zero-order valence-corrected chi connectivity index (χ0v) is 22.0. The average molecular weight is 563 g/mol. The quantitative estimate of drug-likeness (QED) is 0.302. The fraction of sp³-hybridized carbons (Fsp3) is 0.483. The van der Waals surface area contributed by atoms with E-state index in [4.69, 9.17) is 9.47 Å². The predicted octanol–water partition coefficient (Wildman–Crippen LogP) is 5.66. The van der Waals surface area contributed by atoms with E-state index >= 15 is 0 Å². The van der Waals surface area contributed by atoms with Gasteiger partial charge in [0.1, 0.15) is 12.4 Å². The number of halogens is 4. The summed E-state index contributed by atoms with van der Waals surface area (Å²) in [4.78, 5) is 19.7. The molecule has 1 unspecified atom stereocenters. The summed E-state index contributed by atoms with van der Waals surface area (Å²) in [5, 5.41) is 19.1. The molecular formula is C29H30F4N2O5. The van der Waals surface area contributed by atoms with Crippen LogP contribution >= 0.6 is 0 Å². The van der Waals surface area contributed by atoms with Crippen molar-refractivity contribution in [1.82, 2.24) is 4.98 Å². The summed E-state index contributed by atoms with van der Waals surface area (Å²) in [5.74, 6) is -1.31. The van der Waals surface area contributed by atoms with Crippen molar-refractivity contribution in [3.05, 3.63) is 59.1 Å². The van der Waals surface area contributed by atoms with Gasteiger partial charge in [0.25, 0.3) is 0 Å². The fourth-order valence-electron chi connectivity index (χ4n) is 5.78. The molecule has 7 nitrogen and oxygen atoms in total. The number of alkyl halides is 3. The lowest BCUT2D eigenvalue weighted by Gasteiger charge is -2.20. The summed E-state index contributed by atoms with van der Waals surface area (Å²) in [5.41, 5.74) is -0.849. The van der Waals surface area contributed by atoms with Crippen molar-refractivity contribution in [3.8, 4) is 17.0 Å². The molecule has 2 fully saturated rings. The topological polar surface area (TPSA) is 101 Å². The van der Waals surface area contributed by atoms with Gasteiger partial charge in [-0.1, -0.05) is 11.6 Å². The van der Waals surface area contributed by atoms with Crippen molar-refractivity contribution in [2.75, 3.05) is 13.2 Å². The van der Waals surface area contributed by atoms with Gasteiger partial charge in [-0.25, -0.2) is 9.37 Å². The van der Waals surface area contributed by atoms with Gasteiger partial charge in [0.05, 0.1) is 23.7 Å². The molecule has 0 spiro atoms. The molecule has 2 aliphatic carbocycles. The molecule has 214 valence electrons. The Bertz CT molecular complexity index is 1370. The number of aliphatic hydroxyl groups is 1. The Balaban J connectivity index is 1.28. The fourth-order valence-corrected chi connectivity index (χ4v) is 5.78. The molecular weight excluding hydrogens is 532 g/mol. The van der Waals surface area contributed by atoms with Gasteiger partial charge in [-0.2, -0.15) is 13.2 Å². The maximum atomic E-state index is 14.6. The molecule has 0 saturated heterocycles. The van der Waals surface area contributed by atoms with E-state index in [9.17, 15) is 32.6 Å². The van der Waals surface area contributed by atoms with E-state index in [-0.39, 0.29) is 59.5 Å². The molecule has 2 N–H and O–H groups in total. The molecule has 0 bridgehead atoms. The number of carboxylic acids is 1. The third-order valence-corrected chi connectivity index (χ3v) is 7.78. The first kappa shape index (κ1) is 28.1. The van der Waals surface area contributed by atoms with Crippen LogP contribution in [0.5, 0.6) is 5.88 Å². The van der Waals surface area contributed by atoms with Crippen molar-refractivity contribution in [1.29, 1.82) is 0 Å². The number of aromatic nitrogens is 1. The van der Waals surface area contributed by atoms with Gasteiger partial charge in [-0.05, 0) is 68.7 Å². The summed E-state index contributed by atoms with van der Waals surface area (Å²) in [6.45, 7) is 3.52. The molecule has 2 saturated carbocycles. The number of ether oxygens (including phenoxy) is 2. The Kier molecular flexibility index (Phi) is 7.37. The number of dihydropyridines is 1. The number of benzene rings is 1. The lowest BCUT2D eigenvalue weighted by molar-refractivity contribution is -0.139. The van der Waals surface area contributed by atoms with Crippen molar-refractivity contribution in [3.63, 3.8) is 0 Å². The van der Waals surface area contributed by atoms with Crippen molar-refractivity contribution in [2.45, 2.75) is 51.5 Å². The number of rotatable bonds is 9. The second-order valence-corrected chi connectivity index (χ2v) is 11.2. The number of hydrogen-bond acceptors (Lipinski definition) is 6. The summed E-state index contributed by atoms with van der Waals surface area (Å²) in [6, 6.07) is 4.46. The first-order valence-electron chi connectivity index (χ1n) is 13.1. The second kappa shape index (κ2) is 10.5. The lowest BCUT2D eigenvalue weighted by Crippen LogP contribution is -2.20. The van der Waals surface area contributed by atoms with Gasteiger partial charge in [-0.3, -0.25) is 9.79 Å². The molecule has 0 amide bonds. The van der Waals surface area contributed by atoms with Crippen LogP contribution in [0, 0.1) is 29.5 Å². The van der Waals surface area contributed by atoms with E-state index in [1.165, 1.54) is 12.1 Å². The number of carbonyl (C=O) groups is 1. The van der Waals surface area contributed by atoms with Crippen LogP contribution in [-0.4, -0.2) is 45.8 Å². The number of pyridine rings is 1. The minimum absolute atomic E-state index is 0.0565. The van der Waals surface area contributed by atoms with Crippen LogP contribution in [0.3, 0.4) is 0 Å². The van der Waals surface area contributed by atoms with Crippen LogP contribution < -0.4 is 4.74 Å². The minimum atomic E-state index is -4.71. The smallest absolute Gasteiger partial charge is 0.417 e. The second-order valence-electron chi connectivity index (χ2n) is 11.2. The van der Waals surface area contributed by atoms with Crippen molar-refractivity contribution >= 4 is 11.9 Å². The molecule has 0 radical (unpaired) electrons. The molecule has 2 heterocycles. The monoisotopic (exact) mass is 562 g/mol. The summed E-state index contributed by atoms with van der Waals surface area (Å²) in [6.07, 6.45) is -0.374. The highest BCUT2D eigenvalue weighted by Gasteiger charge is 2.63. The van der Waals surface area contributed by atoms with E-state index in [0.29, 0.717) is 31.7 Å². The van der Waals surface area contributed by atoms with Crippen LogP contribution in [0.1, 0.15) is 44.2 Å². The lowest BCUT2D eigenvalue weighted by atomic mass is 9.92. The van der Waals surface area contributed by atoms with E-state index in [1.807, 2.05) is 0 Å². The Morgan fingerprint density at radius 1 is 1.18 bits per heavy atom. The molecule has 40 heavy (non-hydrogen) atoms. The first-order valence-corrected chi connectivity index (χ1v) is 13.1. The van der Waals surface area contributed by atoms with E-state index in [0.717, 1.165) is 23.9 Å². The third-order valence-electron chi connectivity index (χ3n) is 7.78. The van der Waals surface area contributed by atoms with Crippen LogP contribution in [0.4, 0.5) is 17.6 Å². The molecule has 5 rings (SSSR count). The van der Waals surface area contributed by atoms with Gasteiger partial charge in [0.2, 0.25) is 11.8 Å². The van der Waals surface area contributed by atoms with Crippen LogP contribution in [0.2, 0.25) is 0 Å². The maximum absolute atomic E-state index is 14.6. The Hall–Kier alpha value is -3.47. The van der Waals surface area contributed by atoms with Gasteiger partial charge >= 0.3 is 12.1 Å². The standard InChI is InChI=1S/C29H30F4N2O5/c1-28(2,38)6-3-7-39-24-11-21(29(31,32)33)19(12-34-24)15-4-5-22(30)17(8-15)14-40-23-10-16-9-18-25(20(16)13-35-23)26(18)27(36)37/h4-5,8,10-12,18,20,25-26,38H,3,6-7,9,13-14H2,1-2H3,(H,36,37)/t18-,20?,25-,26+/m1/s1. The Labute approximate surface area is 228 Å². The molecule has 11 heteroatoms. The molecule has 1 aromatic heterocycles. The number of fused-ring (bicyclic) bond motifs is 3. The van der Waals surface area contributed by atoms with Crippen molar-refractivity contribution in [2.24, 2.45) is 28.7 Å². The molecule has 4 atom stereocenters. The molecule has 1 aromatic carbocycles. The highest BCUT2D eigenvalue weighted by molar-refractivity contribution is 5.90. The molecule has 2 aromatic rings. The zero-order chi connectivity index (χ0) is 28.8. The van der Waals surface area contributed by atoms with Gasteiger partial charge in [0, 0.05) is 35.9 Å². The summed E-state index contributed by atoms with van der Waals surface area (Å²) >= 11 is 0. The highest BCUT2D eigenvalue weighted by atomic mass is 19.4. The van der Waals surface area contributed by atoms with Crippen LogP contribution in [0.25, 0.3) is 11.1 Å². The minimum Gasteiger partial charge on any atom is -0.481 e. The maximum Gasteiger partial charge on any atom is 0.417 e. The number of hydrogen-bond donors (Lipinski definition) is 2.